The van der Waals surface area contributed by atoms with Gasteiger partial charge in [-0.15, -0.1) is 22.7 Å². The first-order chi connectivity index (χ1) is 9.45. The lowest BCUT2D eigenvalue weighted by molar-refractivity contribution is 0.351. The van der Waals surface area contributed by atoms with E-state index in [4.69, 9.17) is 5.73 Å². The molecule has 0 unspecified atom stereocenters. The van der Waals surface area contributed by atoms with Crippen LogP contribution in [0.2, 0.25) is 0 Å². The normalized spacial score (nSPS) is 12.4. The molecule has 0 saturated carbocycles. The van der Waals surface area contributed by atoms with Crippen molar-refractivity contribution in [2.75, 3.05) is 0 Å². The van der Waals surface area contributed by atoms with Gasteiger partial charge < -0.3 is 5.73 Å². The first-order valence-corrected chi connectivity index (χ1v) is 9.46. The molecule has 0 amide bonds. The highest BCUT2D eigenvalue weighted by atomic mass is 32.2. The summed E-state index contributed by atoms with van der Waals surface area (Å²) in [7, 11) is -3.46. The second-order valence-electron chi connectivity index (χ2n) is 4.70. The third-order valence-electron chi connectivity index (χ3n) is 2.90. The number of nitrogens with two attached hydrogens (primary N) is 1. The highest BCUT2D eigenvalue weighted by Gasteiger charge is 2.28. The van der Waals surface area contributed by atoms with Gasteiger partial charge in [-0.3, -0.25) is 0 Å². The highest BCUT2D eigenvalue weighted by molar-refractivity contribution is 7.91. The van der Waals surface area contributed by atoms with Crippen LogP contribution in [0.15, 0.2) is 33.2 Å². The zero-order valence-electron chi connectivity index (χ0n) is 11.4. The number of thiophene rings is 2. The molecule has 7 heteroatoms. The van der Waals surface area contributed by atoms with Crippen molar-refractivity contribution < 1.29 is 8.42 Å². The van der Waals surface area contributed by atoms with Crippen molar-refractivity contribution >= 4 is 32.7 Å². The summed E-state index contributed by atoms with van der Waals surface area (Å²) in [5, 5.41) is 3.76. The Balaban J connectivity index is 2.32. The number of nitrogens with zero attached hydrogens (tertiary/aromatic N) is 1. The maximum atomic E-state index is 12.7. The second-order valence-corrected chi connectivity index (χ2v) is 8.76. The maximum Gasteiger partial charge on any atom is 0.253 e. The molecule has 0 spiro atoms. The molecule has 0 aromatic carbocycles. The van der Waals surface area contributed by atoms with Gasteiger partial charge in [0.1, 0.15) is 4.21 Å². The smallest absolute Gasteiger partial charge is 0.253 e. The van der Waals surface area contributed by atoms with Gasteiger partial charge in [0.25, 0.3) is 10.0 Å². The average molecular weight is 331 g/mol. The van der Waals surface area contributed by atoms with Crippen LogP contribution in [0.4, 0.5) is 0 Å². The highest BCUT2D eigenvalue weighted by Crippen LogP contribution is 2.27. The van der Waals surface area contributed by atoms with E-state index in [2.05, 4.69) is 0 Å². The van der Waals surface area contributed by atoms with Crippen molar-refractivity contribution in [3.8, 4) is 0 Å². The topological polar surface area (TPSA) is 63.4 Å². The van der Waals surface area contributed by atoms with E-state index in [0.717, 1.165) is 10.4 Å². The van der Waals surface area contributed by atoms with E-state index in [9.17, 15) is 8.42 Å². The quantitative estimate of drug-likeness (QED) is 0.886. The van der Waals surface area contributed by atoms with Crippen molar-refractivity contribution in [2.24, 2.45) is 5.73 Å². The summed E-state index contributed by atoms with van der Waals surface area (Å²) in [6.07, 6.45) is 0. The molecule has 0 aliphatic carbocycles. The fraction of sp³-hybridized carbons (Fsp3) is 0.385. The summed E-state index contributed by atoms with van der Waals surface area (Å²) in [6, 6.07) is 5.47. The van der Waals surface area contributed by atoms with Crippen LogP contribution in [0.25, 0.3) is 0 Å². The van der Waals surface area contributed by atoms with Gasteiger partial charge in [-0.2, -0.15) is 4.31 Å². The average Bonchev–Trinajstić information content (AvgIpc) is 3.06. The van der Waals surface area contributed by atoms with Gasteiger partial charge >= 0.3 is 0 Å². The van der Waals surface area contributed by atoms with E-state index in [-0.39, 0.29) is 6.04 Å². The molecule has 110 valence electrons. The van der Waals surface area contributed by atoms with Crippen LogP contribution in [0.3, 0.4) is 0 Å². The van der Waals surface area contributed by atoms with Crippen LogP contribution in [0.5, 0.6) is 0 Å². The van der Waals surface area contributed by atoms with E-state index < -0.39 is 10.0 Å². The third kappa shape index (κ3) is 3.29. The first-order valence-electron chi connectivity index (χ1n) is 6.27. The molecule has 2 heterocycles. The standard InChI is InChI=1S/C13H18N2O2S3/c1-10(2)15(8-12-4-3-5-18-12)20(16,17)13-6-11(7-14)9-19-13/h3-6,9-10H,7-8,14H2,1-2H3. The van der Waals surface area contributed by atoms with E-state index in [1.54, 1.807) is 22.8 Å². The number of rotatable bonds is 6. The predicted octanol–water partition coefficient (Wildman–Crippen LogP) is 2.87. The SMILES string of the molecule is CC(C)N(Cc1cccs1)S(=O)(=O)c1cc(CN)cs1. The zero-order chi connectivity index (χ0) is 14.8. The second kappa shape index (κ2) is 6.36. The fourth-order valence-electron chi connectivity index (χ4n) is 1.81. The lowest BCUT2D eigenvalue weighted by atomic mass is 10.3. The summed E-state index contributed by atoms with van der Waals surface area (Å²) in [5.74, 6) is 0. The van der Waals surface area contributed by atoms with E-state index >= 15 is 0 Å². The minimum absolute atomic E-state index is 0.0921. The molecule has 4 nitrogen and oxygen atoms in total. The van der Waals surface area contributed by atoms with E-state index in [1.165, 1.54) is 15.6 Å². The van der Waals surface area contributed by atoms with Crippen LogP contribution in [0.1, 0.15) is 24.3 Å². The van der Waals surface area contributed by atoms with Gasteiger partial charge in [-0.25, -0.2) is 8.42 Å². The molecule has 0 atom stereocenters. The molecular weight excluding hydrogens is 312 g/mol. The van der Waals surface area contributed by atoms with Crippen LogP contribution in [-0.4, -0.2) is 18.8 Å². The van der Waals surface area contributed by atoms with E-state index in [1.807, 2.05) is 31.4 Å². The molecular formula is C13H18N2O2S3. The Bertz CT molecular complexity index is 645. The lowest BCUT2D eigenvalue weighted by Gasteiger charge is -2.24. The minimum Gasteiger partial charge on any atom is -0.326 e. The molecule has 20 heavy (non-hydrogen) atoms. The van der Waals surface area contributed by atoms with Gasteiger partial charge in [-0.1, -0.05) is 6.07 Å². The van der Waals surface area contributed by atoms with Crippen molar-refractivity contribution in [1.82, 2.24) is 4.31 Å². The summed E-state index contributed by atoms with van der Waals surface area (Å²) in [4.78, 5) is 1.04. The fourth-order valence-corrected chi connectivity index (χ4v) is 5.56. The maximum absolute atomic E-state index is 12.7. The molecule has 2 aromatic heterocycles. The van der Waals surface area contributed by atoms with Gasteiger partial charge in [0.05, 0.1) is 0 Å². The van der Waals surface area contributed by atoms with Crippen LogP contribution >= 0.6 is 22.7 Å². The molecule has 2 aromatic rings. The van der Waals surface area contributed by atoms with Crippen molar-refractivity contribution in [3.63, 3.8) is 0 Å². The van der Waals surface area contributed by atoms with Gasteiger partial charge in [-0.05, 0) is 42.3 Å². The number of hydrogen-bond donors (Lipinski definition) is 1. The number of sulfonamides is 1. The van der Waals surface area contributed by atoms with Crippen LogP contribution in [0, 0.1) is 0 Å². The first kappa shape index (κ1) is 15.7. The Morgan fingerprint density at radius 1 is 1.35 bits per heavy atom. The van der Waals surface area contributed by atoms with Crippen molar-refractivity contribution in [2.45, 2.75) is 37.2 Å². The summed E-state index contributed by atoms with van der Waals surface area (Å²) in [5.41, 5.74) is 6.41. The molecule has 2 rings (SSSR count). The minimum atomic E-state index is -3.46. The van der Waals surface area contributed by atoms with Gasteiger partial charge in [0, 0.05) is 24.0 Å². The molecule has 2 N–H and O–H groups in total. The molecule has 0 saturated heterocycles. The molecule has 0 fully saturated rings. The molecule has 0 bridgehead atoms. The number of hydrogen-bond acceptors (Lipinski definition) is 5. The summed E-state index contributed by atoms with van der Waals surface area (Å²) in [6.45, 7) is 4.55. The van der Waals surface area contributed by atoms with Crippen molar-refractivity contribution in [1.29, 1.82) is 0 Å². The zero-order valence-corrected chi connectivity index (χ0v) is 13.9. The Kier molecular flexibility index (Phi) is 4.98. The Morgan fingerprint density at radius 3 is 2.60 bits per heavy atom. The molecule has 0 radical (unpaired) electrons. The van der Waals surface area contributed by atoms with Crippen LogP contribution < -0.4 is 5.73 Å². The molecule has 0 aliphatic heterocycles. The Morgan fingerprint density at radius 2 is 2.10 bits per heavy atom. The summed E-state index contributed by atoms with van der Waals surface area (Å²) >= 11 is 2.80. The Labute approximate surface area is 127 Å². The monoisotopic (exact) mass is 330 g/mol. The molecule has 0 aliphatic rings. The lowest BCUT2D eigenvalue weighted by Crippen LogP contribution is -2.35. The third-order valence-corrected chi connectivity index (χ3v) is 7.24. The van der Waals surface area contributed by atoms with E-state index in [0.29, 0.717) is 17.3 Å². The Hall–Kier alpha value is -0.730. The van der Waals surface area contributed by atoms with Crippen LogP contribution in [-0.2, 0) is 23.1 Å². The summed E-state index contributed by atoms with van der Waals surface area (Å²) < 4.78 is 27.4. The largest absolute Gasteiger partial charge is 0.326 e. The predicted molar refractivity (Wildman–Crippen MR) is 84.4 cm³/mol. The van der Waals surface area contributed by atoms with Gasteiger partial charge in [0.15, 0.2) is 0 Å². The van der Waals surface area contributed by atoms with Crippen molar-refractivity contribution in [3.05, 3.63) is 39.4 Å². The van der Waals surface area contributed by atoms with Gasteiger partial charge in [0.2, 0.25) is 0 Å².